The van der Waals surface area contributed by atoms with Crippen molar-refractivity contribution in [2.45, 2.75) is 59.2 Å². The van der Waals surface area contributed by atoms with Gasteiger partial charge in [-0.1, -0.05) is 83.4 Å². The number of halogens is 1. The third-order valence-electron chi connectivity index (χ3n) is 5.61. The molecule has 0 aliphatic carbocycles. The van der Waals surface area contributed by atoms with Crippen molar-refractivity contribution in [1.29, 1.82) is 0 Å². The Labute approximate surface area is 207 Å². The van der Waals surface area contributed by atoms with E-state index < -0.39 is 6.04 Å². The molecular weight excluding hydrogens is 444 g/mol. The summed E-state index contributed by atoms with van der Waals surface area (Å²) in [5, 5.41) is 3.66. The molecule has 0 unspecified atom stereocenters. The summed E-state index contributed by atoms with van der Waals surface area (Å²) in [6, 6.07) is 22.7. The number of aryl methyl sites for hydroxylation is 2. The highest BCUT2D eigenvalue weighted by Gasteiger charge is 2.30. The summed E-state index contributed by atoms with van der Waals surface area (Å²) in [6.45, 7) is 8.24. The van der Waals surface area contributed by atoms with Gasteiger partial charge in [-0.15, -0.1) is 0 Å². The molecule has 0 saturated heterocycles. The van der Waals surface area contributed by atoms with Crippen molar-refractivity contribution >= 4 is 23.4 Å². The van der Waals surface area contributed by atoms with Gasteiger partial charge in [-0.3, -0.25) is 9.59 Å². The Morgan fingerprint density at radius 2 is 1.47 bits per heavy atom. The van der Waals surface area contributed by atoms with Crippen molar-refractivity contribution < 1.29 is 9.59 Å². The molecule has 3 aromatic carbocycles. The van der Waals surface area contributed by atoms with Gasteiger partial charge in [0.1, 0.15) is 6.04 Å². The van der Waals surface area contributed by atoms with Crippen LogP contribution < -0.4 is 5.32 Å². The summed E-state index contributed by atoms with van der Waals surface area (Å²) in [5.74, 6) is -0.235. The molecule has 0 aromatic heterocycles. The van der Waals surface area contributed by atoms with Crippen LogP contribution in [0.15, 0.2) is 72.8 Å². The number of carbonyl (C=O) groups excluding carboxylic acids is 2. The van der Waals surface area contributed by atoms with Gasteiger partial charge in [0, 0.05) is 24.0 Å². The van der Waals surface area contributed by atoms with Crippen LogP contribution in [0.4, 0.5) is 0 Å². The zero-order chi connectivity index (χ0) is 24.7. The average molecular weight is 477 g/mol. The molecule has 0 spiro atoms. The van der Waals surface area contributed by atoms with Gasteiger partial charge in [-0.25, -0.2) is 0 Å². The van der Waals surface area contributed by atoms with Gasteiger partial charge < -0.3 is 10.2 Å². The number of amides is 2. The molecule has 0 bridgehead atoms. The van der Waals surface area contributed by atoms with Crippen LogP contribution in [0.1, 0.15) is 41.7 Å². The molecule has 0 fully saturated rings. The van der Waals surface area contributed by atoms with Crippen LogP contribution in [0.3, 0.4) is 0 Å². The first-order valence-corrected chi connectivity index (χ1v) is 12.0. The molecule has 178 valence electrons. The van der Waals surface area contributed by atoms with Gasteiger partial charge in [0.25, 0.3) is 0 Å². The normalized spacial score (nSPS) is 11.8. The fraction of sp³-hybridized carbons (Fsp3) is 0.310. The molecule has 0 aliphatic rings. The van der Waals surface area contributed by atoms with Crippen LogP contribution in [0, 0.1) is 13.8 Å². The van der Waals surface area contributed by atoms with E-state index in [4.69, 9.17) is 11.6 Å². The zero-order valence-electron chi connectivity index (χ0n) is 20.3. The molecule has 1 atom stereocenters. The van der Waals surface area contributed by atoms with E-state index in [0.29, 0.717) is 18.0 Å². The van der Waals surface area contributed by atoms with Gasteiger partial charge in [0.15, 0.2) is 0 Å². The summed E-state index contributed by atoms with van der Waals surface area (Å²) in [4.78, 5) is 28.8. The van der Waals surface area contributed by atoms with Gasteiger partial charge in [-0.2, -0.15) is 0 Å². The molecule has 0 aliphatic heterocycles. The van der Waals surface area contributed by atoms with Crippen LogP contribution in [-0.4, -0.2) is 28.8 Å². The standard InChI is InChI=1S/C29H33ClN2O2/c1-20(2)31-29(34)27(17-23-8-6-5-7-9-23)32(19-24-10-12-26(30)13-11-24)28(33)18-25-15-21(3)14-22(4)16-25/h5-16,20,27H,17-19H2,1-4H3,(H,31,34)/t27-/m0/s1. The third kappa shape index (κ3) is 7.46. The van der Waals surface area contributed by atoms with Crippen molar-refractivity contribution in [2.75, 3.05) is 0 Å². The Morgan fingerprint density at radius 1 is 0.853 bits per heavy atom. The van der Waals surface area contributed by atoms with E-state index in [1.165, 1.54) is 0 Å². The largest absolute Gasteiger partial charge is 0.352 e. The second-order valence-corrected chi connectivity index (χ2v) is 9.63. The highest BCUT2D eigenvalue weighted by Crippen LogP contribution is 2.19. The lowest BCUT2D eigenvalue weighted by atomic mass is 10.00. The molecule has 2 amide bonds. The Hall–Kier alpha value is -3.11. The highest BCUT2D eigenvalue weighted by molar-refractivity contribution is 6.30. The van der Waals surface area contributed by atoms with Crippen LogP contribution in [0.25, 0.3) is 0 Å². The van der Waals surface area contributed by atoms with Gasteiger partial charge >= 0.3 is 0 Å². The second-order valence-electron chi connectivity index (χ2n) is 9.19. The average Bonchev–Trinajstić information content (AvgIpc) is 2.77. The topological polar surface area (TPSA) is 49.4 Å². The van der Waals surface area contributed by atoms with E-state index in [9.17, 15) is 9.59 Å². The SMILES string of the molecule is Cc1cc(C)cc(CC(=O)N(Cc2ccc(Cl)cc2)[C@@H](Cc2ccccc2)C(=O)NC(C)C)c1. The maximum atomic E-state index is 13.7. The van der Waals surface area contributed by atoms with E-state index in [-0.39, 0.29) is 24.3 Å². The van der Waals surface area contributed by atoms with Crippen molar-refractivity contribution in [3.63, 3.8) is 0 Å². The number of nitrogens with one attached hydrogen (secondary N) is 1. The Bertz CT molecular complexity index is 1090. The number of benzene rings is 3. The first-order valence-electron chi connectivity index (χ1n) is 11.7. The van der Waals surface area contributed by atoms with Crippen molar-refractivity contribution in [2.24, 2.45) is 0 Å². The van der Waals surface area contributed by atoms with E-state index in [1.807, 2.05) is 94.4 Å². The smallest absolute Gasteiger partial charge is 0.243 e. The zero-order valence-corrected chi connectivity index (χ0v) is 21.1. The quantitative estimate of drug-likeness (QED) is 0.433. The van der Waals surface area contributed by atoms with Crippen LogP contribution in [0.5, 0.6) is 0 Å². The molecule has 3 aromatic rings. The van der Waals surface area contributed by atoms with Gasteiger partial charge in [0.2, 0.25) is 11.8 Å². The molecule has 0 saturated carbocycles. The first kappa shape index (κ1) is 25.5. The van der Waals surface area contributed by atoms with Crippen LogP contribution in [0.2, 0.25) is 5.02 Å². The monoisotopic (exact) mass is 476 g/mol. The molecule has 5 heteroatoms. The number of hydrogen-bond donors (Lipinski definition) is 1. The predicted octanol–water partition coefficient (Wildman–Crippen LogP) is 5.66. The molecule has 3 rings (SSSR count). The fourth-order valence-corrected chi connectivity index (χ4v) is 4.29. The lowest BCUT2D eigenvalue weighted by Gasteiger charge is -2.32. The van der Waals surface area contributed by atoms with Crippen LogP contribution >= 0.6 is 11.6 Å². The highest BCUT2D eigenvalue weighted by atomic mass is 35.5. The third-order valence-corrected chi connectivity index (χ3v) is 5.86. The Balaban J connectivity index is 1.98. The van der Waals surface area contributed by atoms with Crippen molar-refractivity contribution in [3.05, 3.63) is 106 Å². The number of nitrogens with zero attached hydrogens (tertiary/aromatic N) is 1. The molecule has 0 heterocycles. The number of hydrogen-bond acceptors (Lipinski definition) is 2. The Morgan fingerprint density at radius 3 is 2.06 bits per heavy atom. The lowest BCUT2D eigenvalue weighted by molar-refractivity contribution is -0.141. The summed E-state index contributed by atoms with van der Waals surface area (Å²) in [7, 11) is 0. The first-order chi connectivity index (χ1) is 16.2. The summed E-state index contributed by atoms with van der Waals surface area (Å²) >= 11 is 6.08. The molecular formula is C29H33ClN2O2. The number of carbonyl (C=O) groups is 2. The van der Waals surface area contributed by atoms with E-state index >= 15 is 0 Å². The molecule has 34 heavy (non-hydrogen) atoms. The van der Waals surface area contributed by atoms with Crippen molar-refractivity contribution in [3.8, 4) is 0 Å². The van der Waals surface area contributed by atoms with Gasteiger partial charge in [0.05, 0.1) is 6.42 Å². The second kappa shape index (κ2) is 11.8. The van der Waals surface area contributed by atoms with Gasteiger partial charge in [-0.05, 0) is 56.5 Å². The van der Waals surface area contributed by atoms with Crippen LogP contribution in [-0.2, 0) is 29.0 Å². The molecule has 1 N–H and O–H groups in total. The summed E-state index contributed by atoms with van der Waals surface area (Å²) < 4.78 is 0. The summed E-state index contributed by atoms with van der Waals surface area (Å²) in [6.07, 6.45) is 0.669. The lowest BCUT2D eigenvalue weighted by Crippen LogP contribution is -2.52. The van der Waals surface area contributed by atoms with E-state index in [2.05, 4.69) is 11.4 Å². The number of rotatable bonds is 9. The maximum absolute atomic E-state index is 13.7. The minimum Gasteiger partial charge on any atom is -0.352 e. The maximum Gasteiger partial charge on any atom is 0.243 e. The van der Waals surface area contributed by atoms with Crippen molar-refractivity contribution in [1.82, 2.24) is 10.2 Å². The molecule has 4 nitrogen and oxygen atoms in total. The minimum absolute atomic E-state index is 0.0299. The van der Waals surface area contributed by atoms with E-state index in [0.717, 1.165) is 27.8 Å². The Kier molecular flexibility index (Phi) is 8.89. The van der Waals surface area contributed by atoms with E-state index in [1.54, 1.807) is 4.90 Å². The predicted molar refractivity (Wildman–Crippen MR) is 139 cm³/mol. The summed E-state index contributed by atoms with van der Waals surface area (Å²) in [5.41, 5.74) is 5.11. The fourth-order valence-electron chi connectivity index (χ4n) is 4.17. The molecule has 0 radical (unpaired) electrons. The minimum atomic E-state index is -0.640.